The van der Waals surface area contributed by atoms with Gasteiger partial charge < -0.3 is 4.90 Å². The molecule has 0 spiro atoms. The zero-order chi connectivity index (χ0) is 14.4. The van der Waals surface area contributed by atoms with Gasteiger partial charge in [0.05, 0.1) is 0 Å². The molecule has 0 aromatic rings. The highest BCUT2D eigenvalue weighted by atomic mass is 16.2. The average molecular weight is 275 g/mol. The van der Waals surface area contributed by atoms with Crippen LogP contribution in [0.4, 0.5) is 4.79 Å². The summed E-state index contributed by atoms with van der Waals surface area (Å²) < 4.78 is 0. The van der Waals surface area contributed by atoms with Gasteiger partial charge in [-0.15, -0.1) is 0 Å². The lowest BCUT2D eigenvalue weighted by Crippen LogP contribution is -2.51. The van der Waals surface area contributed by atoms with Crippen LogP contribution in [0.5, 0.6) is 0 Å². The molecule has 0 unspecified atom stereocenters. The molecule has 6 nitrogen and oxygen atoms in total. The minimum absolute atomic E-state index is 0.0766. The van der Waals surface area contributed by atoms with Crippen LogP contribution in [0.2, 0.25) is 0 Å². The average Bonchev–Trinajstić information content (AvgIpc) is 2.42. The zero-order valence-electron chi connectivity index (χ0n) is 11.1. The topological polar surface area (TPSA) is 78.5 Å². The quantitative estimate of drug-likeness (QED) is 0.454. The summed E-state index contributed by atoms with van der Waals surface area (Å²) in [5, 5.41) is 4.03. The monoisotopic (exact) mass is 275 g/mol. The maximum absolute atomic E-state index is 11.4. The molecule has 2 N–H and O–H groups in total. The van der Waals surface area contributed by atoms with Gasteiger partial charge in [-0.2, -0.15) is 0 Å². The minimum Gasteiger partial charge on any atom is -0.377 e. The Morgan fingerprint density at radius 1 is 0.850 bits per heavy atom. The number of carbonyl (C=O) groups is 3. The predicted octanol–water partition coefficient (Wildman–Crippen LogP) is 0.835. The molecule has 106 valence electrons. The van der Waals surface area contributed by atoms with Gasteiger partial charge in [0, 0.05) is 13.1 Å². The van der Waals surface area contributed by atoms with Crippen molar-refractivity contribution in [2.45, 2.75) is 19.3 Å². The van der Waals surface area contributed by atoms with E-state index in [4.69, 9.17) is 0 Å². The van der Waals surface area contributed by atoms with Gasteiger partial charge in [-0.25, -0.2) is 4.79 Å². The van der Waals surface area contributed by atoms with Crippen molar-refractivity contribution >= 4 is 17.8 Å². The standard InChI is InChI=1S/C14H17N3O3/c18-12-11(13(19)16-14(20)15-12)7-3-1-4-8-17-9-5-2-6-10-17/h1,3-4,7-8H,2,5-6,9-10H2,(H2,15,16,18,19,20)/b3-1+,8-4+. The van der Waals surface area contributed by atoms with Crippen molar-refractivity contribution < 1.29 is 14.4 Å². The van der Waals surface area contributed by atoms with Crippen LogP contribution in [0.1, 0.15) is 19.3 Å². The molecule has 0 saturated carbocycles. The summed E-state index contributed by atoms with van der Waals surface area (Å²) in [6.07, 6.45) is 12.3. The summed E-state index contributed by atoms with van der Waals surface area (Å²) in [6.45, 7) is 2.14. The molecule has 0 radical (unpaired) electrons. The fraction of sp³-hybridized carbons (Fsp3) is 0.357. The molecule has 0 aromatic carbocycles. The fourth-order valence-electron chi connectivity index (χ4n) is 2.08. The number of urea groups is 1. The van der Waals surface area contributed by atoms with Crippen molar-refractivity contribution in [2.24, 2.45) is 0 Å². The van der Waals surface area contributed by atoms with E-state index < -0.39 is 17.8 Å². The Kier molecular flexibility index (Phi) is 4.70. The molecule has 0 atom stereocenters. The Labute approximate surface area is 117 Å². The molecule has 2 heterocycles. The van der Waals surface area contributed by atoms with Crippen LogP contribution in [0.3, 0.4) is 0 Å². The lowest BCUT2D eigenvalue weighted by Gasteiger charge is -2.24. The molecule has 2 rings (SSSR count). The van der Waals surface area contributed by atoms with Gasteiger partial charge >= 0.3 is 6.03 Å². The molecule has 20 heavy (non-hydrogen) atoms. The largest absolute Gasteiger partial charge is 0.377 e. The third-order valence-corrected chi connectivity index (χ3v) is 3.12. The summed E-state index contributed by atoms with van der Waals surface area (Å²) in [4.78, 5) is 35.9. The Morgan fingerprint density at radius 3 is 2.15 bits per heavy atom. The maximum Gasteiger partial charge on any atom is 0.328 e. The number of carbonyl (C=O) groups excluding carboxylic acids is 3. The van der Waals surface area contributed by atoms with Gasteiger partial charge in [0.2, 0.25) is 0 Å². The molecular weight excluding hydrogens is 258 g/mol. The van der Waals surface area contributed by atoms with Gasteiger partial charge in [0.1, 0.15) is 5.57 Å². The molecule has 2 fully saturated rings. The van der Waals surface area contributed by atoms with Gasteiger partial charge in [-0.3, -0.25) is 20.2 Å². The van der Waals surface area contributed by atoms with E-state index >= 15 is 0 Å². The second kappa shape index (κ2) is 6.70. The molecule has 6 heteroatoms. The summed E-state index contributed by atoms with van der Waals surface area (Å²) >= 11 is 0. The smallest absolute Gasteiger partial charge is 0.328 e. The summed E-state index contributed by atoms with van der Waals surface area (Å²) in [5.74, 6) is -1.35. The van der Waals surface area contributed by atoms with Gasteiger partial charge in [-0.1, -0.05) is 12.2 Å². The lowest BCUT2D eigenvalue weighted by atomic mass is 10.1. The number of piperidine rings is 1. The first-order valence-corrected chi connectivity index (χ1v) is 6.63. The van der Waals surface area contributed by atoms with Crippen LogP contribution < -0.4 is 10.6 Å². The second-order valence-electron chi connectivity index (χ2n) is 4.64. The second-order valence-corrected chi connectivity index (χ2v) is 4.64. The third-order valence-electron chi connectivity index (χ3n) is 3.12. The first-order chi connectivity index (χ1) is 9.66. The van der Waals surface area contributed by atoms with Crippen LogP contribution in [0.15, 0.2) is 36.1 Å². The molecule has 0 aliphatic carbocycles. The number of rotatable bonds is 3. The number of hydrogen-bond donors (Lipinski definition) is 2. The number of imide groups is 2. The molecule has 2 aliphatic heterocycles. The highest BCUT2D eigenvalue weighted by Crippen LogP contribution is 2.08. The number of hydrogen-bond acceptors (Lipinski definition) is 4. The van der Waals surface area contributed by atoms with Crippen molar-refractivity contribution in [3.63, 3.8) is 0 Å². The molecule has 2 saturated heterocycles. The number of nitrogens with zero attached hydrogens (tertiary/aromatic N) is 1. The third kappa shape index (κ3) is 3.81. The van der Waals surface area contributed by atoms with Crippen LogP contribution in [0, 0.1) is 0 Å². The molecule has 2 aliphatic rings. The van der Waals surface area contributed by atoms with Crippen molar-refractivity contribution in [3.05, 3.63) is 36.1 Å². The number of barbiturate groups is 1. The van der Waals surface area contributed by atoms with Crippen LogP contribution in [-0.2, 0) is 9.59 Å². The number of allylic oxidation sites excluding steroid dienone is 4. The number of nitrogens with one attached hydrogen (secondary N) is 2. The highest BCUT2D eigenvalue weighted by Gasteiger charge is 2.26. The highest BCUT2D eigenvalue weighted by molar-refractivity contribution is 6.28. The minimum atomic E-state index is -0.786. The van der Waals surface area contributed by atoms with E-state index in [1.54, 1.807) is 12.2 Å². The molecule has 4 amide bonds. The number of likely N-dealkylation sites (tertiary alicyclic amines) is 1. The molecule has 0 bridgehead atoms. The normalized spacial score (nSPS) is 20.5. The van der Waals surface area contributed by atoms with E-state index in [1.807, 2.05) is 22.9 Å². The van der Waals surface area contributed by atoms with E-state index in [9.17, 15) is 14.4 Å². The Morgan fingerprint density at radius 2 is 1.50 bits per heavy atom. The summed E-state index contributed by atoms with van der Waals surface area (Å²) in [6, 6.07) is -0.786. The predicted molar refractivity (Wildman–Crippen MR) is 73.5 cm³/mol. The maximum atomic E-state index is 11.4. The van der Waals surface area contributed by atoms with Crippen LogP contribution in [0.25, 0.3) is 0 Å². The van der Waals surface area contributed by atoms with Gasteiger partial charge in [0.15, 0.2) is 0 Å². The van der Waals surface area contributed by atoms with Crippen LogP contribution >= 0.6 is 0 Å². The summed E-state index contributed by atoms with van der Waals surface area (Å²) in [7, 11) is 0. The van der Waals surface area contributed by atoms with Gasteiger partial charge in [-0.05, 0) is 37.6 Å². The summed E-state index contributed by atoms with van der Waals surface area (Å²) in [5.41, 5.74) is -0.0766. The van der Waals surface area contributed by atoms with E-state index in [-0.39, 0.29) is 5.57 Å². The van der Waals surface area contributed by atoms with Crippen molar-refractivity contribution in [2.75, 3.05) is 13.1 Å². The van der Waals surface area contributed by atoms with E-state index in [1.165, 1.54) is 25.3 Å². The van der Waals surface area contributed by atoms with Crippen LogP contribution in [-0.4, -0.2) is 35.8 Å². The lowest BCUT2D eigenvalue weighted by molar-refractivity contribution is -0.124. The van der Waals surface area contributed by atoms with Gasteiger partial charge in [0.25, 0.3) is 11.8 Å². The Bertz CT molecular complexity index is 478. The van der Waals surface area contributed by atoms with E-state index in [0.29, 0.717) is 0 Å². The molecule has 0 aromatic heterocycles. The molecular formula is C14H17N3O3. The first kappa shape index (κ1) is 14.0. The van der Waals surface area contributed by atoms with E-state index in [0.717, 1.165) is 13.1 Å². The van der Waals surface area contributed by atoms with Crippen molar-refractivity contribution in [3.8, 4) is 0 Å². The fourth-order valence-corrected chi connectivity index (χ4v) is 2.08. The number of amides is 4. The van der Waals surface area contributed by atoms with Crippen molar-refractivity contribution in [1.29, 1.82) is 0 Å². The zero-order valence-corrected chi connectivity index (χ0v) is 11.1. The van der Waals surface area contributed by atoms with Crippen molar-refractivity contribution in [1.82, 2.24) is 15.5 Å². The Balaban J connectivity index is 1.89. The van der Waals surface area contributed by atoms with E-state index in [2.05, 4.69) is 4.90 Å². The Hall–Kier alpha value is -2.37. The SMILES string of the molecule is O=C1NC(=O)C(=C/C=C/C=C/N2CCCCC2)C(=O)N1. The first-order valence-electron chi connectivity index (χ1n) is 6.63.